The van der Waals surface area contributed by atoms with Crippen molar-refractivity contribution in [3.63, 3.8) is 0 Å². The van der Waals surface area contributed by atoms with Gasteiger partial charge in [0.15, 0.2) is 11.5 Å². The minimum atomic E-state index is -1.24. The van der Waals surface area contributed by atoms with Crippen molar-refractivity contribution in [2.24, 2.45) is 0 Å². The number of aliphatic hydroxyl groups is 1. The first-order valence-electron chi connectivity index (χ1n) is 5.91. The Hall–Kier alpha value is -1.75. The smallest absolute Gasteiger partial charge is 0.340 e. The van der Waals surface area contributed by atoms with Crippen LogP contribution in [-0.2, 0) is 11.2 Å². The summed E-state index contributed by atoms with van der Waals surface area (Å²) < 4.78 is 4.98. The van der Waals surface area contributed by atoms with Crippen molar-refractivity contribution in [2.75, 3.05) is 0 Å². The summed E-state index contributed by atoms with van der Waals surface area (Å²) in [5, 5.41) is 28.3. The highest BCUT2D eigenvalue weighted by atomic mass is 16.5. The molecule has 0 amide bonds. The van der Waals surface area contributed by atoms with Crippen LogP contribution in [0.3, 0.4) is 0 Å². The second-order valence-electron chi connectivity index (χ2n) is 4.11. The lowest BCUT2D eigenvalue weighted by Gasteiger charge is -2.13. The molecule has 1 rings (SSSR count). The highest BCUT2D eigenvalue weighted by Gasteiger charge is 2.18. The van der Waals surface area contributed by atoms with Crippen molar-refractivity contribution >= 4 is 5.97 Å². The minimum Gasteiger partial charge on any atom is -0.504 e. The van der Waals surface area contributed by atoms with Crippen LogP contribution in [0.4, 0.5) is 0 Å². The number of ether oxygens (including phenoxy) is 1. The van der Waals surface area contributed by atoms with Gasteiger partial charge in [0.1, 0.15) is 11.9 Å². The van der Waals surface area contributed by atoms with Gasteiger partial charge in [0.05, 0.1) is 0 Å². The molecule has 100 valence electrons. The van der Waals surface area contributed by atoms with Gasteiger partial charge in [-0.05, 0) is 31.9 Å². The average molecular weight is 254 g/mol. The molecule has 1 aromatic rings. The standard InChI is InChI=1S/C13H18O5/c1-3-4-5-9-11(18-13(17)8(2)14)7-6-10(15)12(9)16/h6-8,14-16H,3-5H2,1-2H3. The molecule has 0 aliphatic rings. The largest absolute Gasteiger partial charge is 0.504 e. The maximum absolute atomic E-state index is 11.3. The molecule has 0 spiro atoms. The fourth-order valence-corrected chi connectivity index (χ4v) is 1.49. The molecule has 1 atom stereocenters. The van der Waals surface area contributed by atoms with Crippen LogP contribution in [0.5, 0.6) is 17.2 Å². The number of rotatable bonds is 5. The Bertz CT molecular complexity index is 426. The Morgan fingerprint density at radius 3 is 2.61 bits per heavy atom. The first-order chi connectivity index (χ1) is 8.47. The monoisotopic (exact) mass is 254 g/mol. The van der Waals surface area contributed by atoms with Crippen LogP contribution in [0.15, 0.2) is 12.1 Å². The van der Waals surface area contributed by atoms with E-state index in [1.54, 1.807) is 0 Å². The fourth-order valence-electron chi connectivity index (χ4n) is 1.49. The van der Waals surface area contributed by atoms with Gasteiger partial charge >= 0.3 is 5.97 Å². The number of benzene rings is 1. The van der Waals surface area contributed by atoms with Gasteiger partial charge in [-0.2, -0.15) is 0 Å². The first-order valence-corrected chi connectivity index (χ1v) is 5.91. The number of esters is 1. The van der Waals surface area contributed by atoms with Gasteiger partial charge in [-0.15, -0.1) is 0 Å². The summed E-state index contributed by atoms with van der Waals surface area (Å²) in [7, 11) is 0. The number of hydrogen-bond donors (Lipinski definition) is 3. The van der Waals surface area contributed by atoms with Crippen molar-refractivity contribution in [3.05, 3.63) is 17.7 Å². The normalized spacial score (nSPS) is 12.2. The molecule has 5 nitrogen and oxygen atoms in total. The summed E-state index contributed by atoms with van der Waals surface area (Å²) in [5.41, 5.74) is 0.380. The predicted molar refractivity (Wildman–Crippen MR) is 65.7 cm³/mol. The van der Waals surface area contributed by atoms with E-state index in [0.717, 1.165) is 12.8 Å². The third-order valence-corrected chi connectivity index (χ3v) is 2.55. The Labute approximate surface area is 106 Å². The highest BCUT2D eigenvalue weighted by molar-refractivity contribution is 5.77. The minimum absolute atomic E-state index is 0.171. The summed E-state index contributed by atoms with van der Waals surface area (Å²) in [6, 6.07) is 2.65. The molecule has 0 bridgehead atoms. The van der Waals surface area contributed by atoms with Crippen LogP contribution >= 0.6 is 0 Å². The van der Waals surface area contributed by atoms with Gasteiger partial charge in [0.2, 0.25) is 0 Å². The van der Waals surface area contributed by atoms with E-state index in [9.17, 15) is 15.0 Å². The Balaban J connectivity index is 3.02. The number of carbonyl (C=O) groups is 1. The van der Waals surface area contributed by atoms with E-state index < -0.39 is 12.1 Å². The second kappa shape index (κ2) is 6.26. The maximum atomic E-state index is 11.3. The molecule has 3 N–H and O–H groups in total. The summed E-state index contributed by atoms with van der Waals surface area (Å²) in [6.07, 6.45) is 0.939. The van der Waals surface area contributed by atoms with Crippen molar-refractivity contribution in [2.45, 2.75) is 39.2 Å². The van der Waals surface area contributed by atoms with Crippen molar-refractivity contribution in [1.82, 2.24) is 0 Å². The molecule has 0 aliphatic heterocycles. The topological polar surface area (TPSA) is 87.0 Å². The van der Waals surface area contributed by atoms with E-state index in [-0.39, 0.29) is 17.2 Å². The average Bonchev–Trinajstić information content (AvgIpc) is 2.33. The first kappa shape index (κ1) is 14.3. The van der Waals surface area contributed by atoms with Gasteiger partial charge < -0.3 is 20.1 Å². The molecule has 0 fully saturated rings. The summed E-state index contributed by atoms with van der Waals surface area (Å²) >= 11 is 0. The Morgan fingerprint density at radius 2 is 2.06 bits per heavy atom. The molecule has 0 saturated heterocycles. The molecule has 0 saturated carbocycles. The van der Waals surface area contributed by atoms with Gasteiger partial charge in [-0.25, -0.2) is 4.79 Å². The molecular weight excluding hydrogens is 236 g/mol. The molecule has 1 unspecified atom stereocenters. The lowest BCUT2D eigenvalue weighted by atomic mass is 10.1. The lowest BCUT2D eigenvalue weighted by molar-refractivity contribution is -0.142. The lowest BCUT2D eigenvalue weighted by Crippen LogP contribution is -2.22. The van der Waals surface area contributed by atoms with Crippen LogP contribution in [-0.4, -0.2) is 27.4 Å². The van der Waals surface area contributed by atoms with E-state index in [0.29, 0.717) is 12.0 Å². The van der Waals surface area contributed by atoms with E-state index >= 15 is 0 Å². The Morgan fingerprint density at radius 1 is 1.39 bits per heavy atom. The van der Waals surface area contributed by atoms with E-state index in [2.05, 4.69) is 0 Å². The number of phenols is 2. The van der Waals surface area contributed by atoms with E-state index in [1.807, 2.05) is 6.92 Å². The number of phenolic OH excluding ortho intramolecular Hbond substituents is 2. The van der Waals surface area contributed by atoms with Gasteiger partial charge in [-0.1, -0.05) is 13.3 Å². The SMILES string of the molecule is CCCCc1c(OC(=O)C(C)O)ccc(O)c1O. The fraction of sp³-hybridized carbons (Fsp3) is 0.462. The third kappa shape index (κ3) is 3.37. The van der Waals surface area contributed by atoms with Crippen molar-refractivity contribution in [3.8, 4) is 17.2 Å². The third-order valence-electron chi connectivity index (χ3n) is 2.55. The second-order valence-corrected chi connectivity index (χ2v) is 4.11. The van der Waals surface area contributed by atoms with Crippen LogP contribution in [0, 0.1) is 0 Å². The van der Waals surface area contributed by atoms with Crippen molar-refractivity contribution < 1.29 is 24.9 Å². The van der Waals surface area contributed by atoms with Crippen molar-refractivity contribution in [1.29, 1.82) is 0 Å². The molecule has 1 aromatic carbocycles. The zero-order valence-corrected chi connectivity index (χ0v) is 10.5. The summed E-state index contributed by atoms with van der Waals surface area (Å²) in [6.45, 7) is 3.29. The molecular formula is C13H18O5. The number of aliphatic hydroxyl groups excluding tert-OH is 1. The van der Waals surface area contributed by atoms with Gasteiger partial charge in [0, 0.05) is 5.56 Å². The number of aromatic hydroxyl groups is 2. The zero-order valence-electron chi connectivity index (χ0n) is 10.5. The molecule has 18 heavy (non-hydrogen) atoms. The zero-order chi connectivity index (χ0) is 13.7. The highest BCUT2D eigenvalue weighted by Crippen LogP contribution is 2.36. The summed E-state index contributed by atoms with van der Waals surface area (Å²) in [4.78, 5) is 11.3. The van der Waals surface area contributed by atoms with E-state index in [4.69, 9.17) is 9.84 Å². The number of carbonyl (C=O) groups excluding carboxylic acids is 1. The van der Waals surface area contributed by atoms with Crippen LogP contribution in [0.25, 0.3) is 0 Å². The molecule has 0 heterocycles. The summed E-state index contributed by atoms with van der Waals surface area (Å²) in [5.74, 6) is -1.15. The quantitative estimate of drug-likeness (QED) is 0.423. The molecule has 0 aromatic heterocycles. The van der Waals surface area contributed by atoms with Gasteiger partial charge in [-0.3, -0.25) is 0 Å². The van der Waals surface area contributed by atoms with Crippen LogP contribution < -0.4 is 4.74 Å². The molecule has 0 radical (unpaired) electrons. The molecule has 0 aliphatic carbocycles. The number of hydrogen-bond acceptors (Lipinski definition) is 5. The predicted octanol–water partition coefficient (Wildman–Crippen LogP) is 1.73. The molecule has 5 heteroatoms. The number of unbranched alkanes of at least 4 members (excludes halogenated alkanes) is 1. The van der Waals surface area contributed by atoms with Crippen LogP contribution in [0.2, 0.25) is 0 Å². The van der Waals surface area contributed by atoms with Crippen LogP contribution in [0.1, 0.15) is 32.3 Å². The van der Waals surface area contributed by atoms with Gasteiger partial charge in [0.25, 0.3) is 0 Å². The maximum Gasteiger partial charge on any atom is 0.340 e. The van der Waals surface area contributed by atoms with E-state index in [1.165, 1.54) is 19.1 Å². The Kier molecular flexibility index (Phi) is 4.97.